The Hall–Kier alpha value is -2.19. The van der Waals surface area contributed by atoms with E-state index in [1.165, 1.54) is 4.88 Å². The number of nitrogens with one attached hydrogen (secondary N) is 1. The van der Waals surface area contributed by atoms with Crippen molar-refractivity contribution in [2.24, 2.45) is 11.8 Å². The summed E-state index contributed by atoms with van der Waals surface area (Å²) in [6.45, 7) is 7.05. The van der Waals surface area contributed by atoms with E-state index in [-0.39, 0.29) is 17.4 Å². The van der Waals surface area contributed by atoms with Crippen LogP contribution in [-0.2, 0) is 24.1 Å². The van der Waals surface area contributed by atoms with Crippen molar-refractivity contribution in [1.82, 2.24) is 9.47 Å². The van der Waals surface area contributed by atoms with Gasteiger partial charge in [0, 0.05) is 42.2 Å². The maximum atomic E-state index is 13.0. The van der Waals surface area contributed by atoms with Gasteiger partial charge in [-0.3, -0.25) is 4.79 Å². The molecule has 0 radical (unpaired) electrons. The Balaban J connectivity index is 1.38. The number of aromatic nitrogens is 1. The highest BCUT2D eigenvalue weighted by molar-refractivity contribution is 7.80. The van der Waals surface area contributed by atoms with Crippen molar-refractivity contribution in [3.8, 4) is 0 Å². The second-order valence-corrected chi connectivity index (χ2v) is 11.2. The predicted octanol–water partition coefficient (Wildman–Crippen LogP) is 4.42. The van der Waals surface area contributed by atoms with Crippen LogP contribution >= 0.6 is 23.6 Å². The Morgan fingerprint density at radius 1 is 1.30 bits per heavy atom. The Labute approximate surface area is 203 Å². The molecule has 0 saturated carbocycles. The van der Waals surface area contributed by atoms with Crippen LogP contribution in [0, 0.1) is 11.8 Å². The van der Waals surface area contributed by atoms with Gasteiger partial charge in [-0.1, -0.05) is 19.9 Å². The number of hydrogen-bond acceptors (Lipinski definition) is 5. The average Bonchev–Trinajstić information content (AvgIpc) is 3.14. The molecule has 0 amide bonds. The van der Waals surface area contributed by atoms with Gasteiger partial charge >= 0.3 is 5.97 Å². The van der Waals surface area contributed by atoms with Gasteiger partial charge in [0.05, 0.1) is 12.2 Å². The molecule has 3 aliphatic rings. The summed E-state index contributed by atoms with van der Waals surface area (Å²) in [7, 11) is 0. The molecule has 1 saturated heterocycles. The molecule has 33 heavy (non-hydrogen) atoms. The third kappa shape index (κ3) is 4.35. The van der Waals surface area contributed by atoms with Crippen molar-refractivity contribution in [3.63, 3.8) is 0 Å². The summed E-state index contributed by atoms with van der Waals surface area (Å²) in [5, 5.41) is 4.93. The van der Waals surface area contributed by atoms with Crippen molar-refractivity contribution in [3.05, 3.63) is 50.3 Å². The molecule has 176 valence electrons. The fourth-order valence-corrected chi connectivity index (χ4v) is 7.27. The minimum atomic E-state index is -0.238. The molecule has 5 rings (SSSR count). The second-order valence-electron chi connectivity index (χ2n) is 9.73. The van der Waals surface area contributed by atoms with E-state index in [2.05, 4.69) is 23.2 Å². The van der Waals surface area contributed by atoms with Crippen LogP contribution < -0.4 is 10.9 Å². The topological polar surface area (TPSA) is 63.6 Å². The number of ether oxygens (including phenoxy) is 1. The summed E-state index contributed by atoms with van der Waals surface area (Å²) in [6.07, 6.45) is 4.90. The molecule has 3 atom stereocenters. The minimum absolute atomic E-state index is 0.0879. The summed E-state index contributed by atoms with van der Waals surface area (Å²) in [4.78, 5) is 28.8. The lowest BCUT2D eigenvalue weighted by Gasteiger charge is -2.43. The van der Waals surface area contributed by atoms with Gasteiger partial charge in [-0.25, -0.2) is 4.79 Å². The van der Waals surface area contributed by atoms with Gasteiger partial charge in [-0.2, -0.15) is 0 Å². The number of hydrogen-bond donors (Lipinski definition) is 1. The van der Waals surface area contributed by atoms with Gasteiger partial charge < -0.3 is 19.5 Å². The van der Waals surface area contributed by atoms with Gasteiger partial charge in [-0.15, -0.1) is 11.3 Å². The van der Waals surface area contributed by atoms with Crippen molar-refractivity contribution < 1.29 is 9.53 Å². The highest BCUT2D eigenvalue weighted by Gasteiger charge is 2.36. The van der Waals surface area contributed by atoms with Gasteiger partial charge in [0.15, 0.2) is 5.11 Å². The summed E-state index contributed by atoms with van der Waals surface area (Å²) in [5.41, 5.74) is 3.03. The second kappa shape index (κ2) is 9.22. The first-order valence-electron chi connectivity index (χ1n) is 12.0. The smallest absolute Gasteiger partial charge is 0.341 e. The van der Waals surface area contributed by atoms with Crippen LogP contribution in [0.2, 0.25) is 0 Å². The van der Waals surface area contributed by atoms with E-state index >= 15 is 0 Å². The minimum Gasteiger partial charge on any atom is -0.462 e. The Bertz CT molecular complexity index is 1140. The summed E-state index contributed by atoms with van der Waals surface area (Å²) in [5.74, 6) is 1.07. The van der Waals surface area contributed by atoms with Crippen molar-refractivity contribution in [2.75, 3.05) is 25.0 Å². The maximum absolute atomic E-state index is 13.0. The number of esters is 1. The standard InChI is InChI=1S/C25H31N3O3S2/c1-3-9-31-24(30)22-18-8-7-15(2)10-20(18)33-23(22)26-25(32)27-12-16-11-17(14-27)19-5-4-6-21(29)28(19)13-16/h4-6,15-17H,3,7-14H2,1-2H3,(H,26,32)/t15-,16+,17-/m1/s1. The number of carbonyl (C=O) groups excluding carboxylic acids is 1. The number of fused-ring (bicyclic) bond motifs is 5. The average molecular weight is 486 g/mol. The van der Waals surface area contributed by atoms with E-state index in [0.717, 1.165) is 68.0 Å². The SMILES string of the molecule is CCCOC(=O)c1c(NC(=S)N2C[C@@H]3C[C@H](C2)c2cccc(=O)n2C3)sc2c1CC[C@@H](C)C2. The van der Waals surface area contributed by atoms with Gasteiger partial charge in [0.2, 0.25) is 0 Å². The number of pyridine rings is 1. The summed E-state index contributed by atoms with van der Waals surface area (Å²) >= 11 is 7.52. The molecular formula is C25H31N3O3S2. The quantitative estimate of drug-likeness (QED) is 0.511. The Morgan fingerprint density at radius 3 is 2.97 bits per heavy atom. The number of thiocarbonyl (C=S) groups is 1. The van der Waals surface area contributed by atoms with Crippen molar-refractivity contribution in [2.45, 2.75) is 58.4 Å². The molecule has 1 fully saturated rings. The van der Waals surface area contributed by atoms with E-state index in [0.29, 0.717) is 29.1 Å². The summed E-state index contributed by atoms with van der Waals surface area (Å²) in [6, 6.07) is 5.57. The normalized spacial score (nSPS) is 23.5. The fourth-order valence-electron chi connectivity index (χ4n) is 5.56. The van der Waals surface area contributed by atoms with E-state index in [1.807, 2.05) is 17.6 Å². The third-order valence-electron chi connectivity index (χ3n) is 7.14. The molecule has 2 aromatic rings. The number of rotatable bonds is 4. The zero-order valence-electron chi connectivity index (χ0n) is 19.3. The van der Waals surface area contributed by atoms with Crippen LogP contribution in [0.3, 0.4) is 0 Å². The van der Waals surface area contributed by atoms with Crippen LogP contribution in [0.15, 0.2) is 23.0 Å². The first kappa shape index (κ1) is 22.6. The molecule has 1 aliphatic carbocycles. The van der Waals surface area contributed by atoms with E-state index in [9.17, 15) is 9.59 Å². The number of anilines is 1. The Kier molecular flexibility index (Phi) is 6.31. The van der Waals surface area contributed by atoms with E-state index in [1.54, 1.807) is 17.4 Å². The molecular weight excluding hydrogens is 454 g/mol. The highest BCUT2D eigenvalue weighted by Crippen LogP contribution is 2.41. The molecule has 8 heteroatoms. The number of likely N-dealkylation sites (tertiary alicyclic amines) is 1. The van der Waals surface area contributed by atoms with E-state index in [4.69, 9.17) is 17.0 Å². The lowest BCUT2D eigenvalue weighted by Crippen LogP contribution is -2.50. The fraction of sp³-hybridized carbons (Fsp3) is 0.560. The zero-order valence-corrected chi connectivity index (χ0v) is 20.9. The molecule has 4 heterocycles. The molecule has 6 nitrogen and oxygen atoms in total. The molecule has 2 aliphatic heterocycles. The third-order valence-corrected chi connectivity index (χ3v) is 8.67. The zero-order chi connectivity index (χ0) is 23.1. The van der Waals surface area contributed by atoms with E-state index < -0.39 is 0 Å². The first-order valence-corrected chi connectivity index (χ1v) is 13.2. The number of nitrogens with zero attached hydrogens (tertiary/aromatic N) is 2. The van der Waals surface area contributed by atoms with Gasteiger partial charge in [-0.05, 0) is 67.8 Å². The molecule has 0 aromatic carbocycles. The molecule has 0 spiro atoms. The van der Waals surface area contributed by atoms with Gasteiger partial charge in [0.1, 0.15) is 5.00 Å². The van der Waals surface area contributed by atoms with Crippen LogP contribution in [-0.4, -0.2) is 40.2 Å². The molecule has 0 unspecified atom stereocenters. The highest BCUT2D eigenvalue weighted by atomic mass is 32.1. The number of thiophene rings is 1. The lowest BCUT2D eigenvalue weighted by molar-refractivity contribution is 0.0505. The summed E-state index contributed by atoms with van der Waals surface area (Å²) < 4.78 is 7.48. The van der Waals surface area contributed by atoms with Crippen molar-refractivity contribution in [1.29, 1.82) is 0 Å². The van der Waals surface area contributed by atoms with Crippen LogP contribution in [0.4, 0.5) is 5.00 Å². The predicted molar refractivity (Wildman–Crippen MR) is 135 cm³/mol. The number of piperidine rings is 1. The first-order chi connectivity index (χ1) is 15.9. The lowest BCUT2D eigenvalue weighted by atomic mass is 9.83. The van der Waals surface area contributed by atoms with Crippen LogP contribution in [0.5, 0.6) is 0 Å². The molecule has 2 aromatic heterocycles. The maximum Gasteiger partial charge on any atom is 0.341 e. The van der Waals surface area contributed by atoms with Gasteiger partial charge in [0.25, 0.3) is 5.56 Å². The monoisotopic (exact) mass is 485 g/mol. The Morgan fingerprint density at radius 2 is 2.15 bits per heavy atom. The number of carbonyl (C=O) groups is 1. The van der Waals surface area contributed by atoms with Crippen LogP contribution in [0.25, 0.3) is 0 Å². The van der Waals surface area contributed by atoms with Crippen LogP contribution in [0.1, 0.15) is 65.5 Å². The van der Waals surface area contributed by atoms with Crippen molar-refractivity contribution >= 4 is 39.6 Å². The molecule has 1 N–H and O–H groups in total. The largest absolute Gasteiger partial charge is 0.462 e. The molecule has 2 bridgehead atoms.